The summed E-state index contributed by atoms with van der Waals surface area (Å²) < 4.78 is 111. The predicted molar refractivity (Wildman–Crippen MR) is 267 cm³/mol. The topological polar surface area (TPSA) is 235 Å². The third-order valence-electron chi connectivity index (χ3n) is 10.8. The monoisotopic (exact) mass is 1040 g/mol. The predicted octanol–water partition coefficient (Wildman–Crippen LogP) is 8.64. The van der Waals surface area contributed by atoms with Crippen LogP contribution >= 0.6 is 22.3 Å². The summed E-state index contributed by atoms with van der Waals surface area (Å²) in [6, 6.07) is 28.5. The first-order valence-electron chi connectivity index (χ1n) is 24.3. The highest BCUT2D eigenvalue weighted by atomic mass is 31.2. The van der Waals surface area contributed by atoms with Crippen molar-refractivity contribution in [2.75, 3.05) is 34.3 Å². The Kier molecular flexibility index (Phi) is 21.8. The fraction of sp³-hybridized carbons (Fsp3) is 0.520. The van der Waals surface area contributed by atoms with Crippen LogP contribution < -0.4 is 0 Å². The molecule has 0 aromatic heterocycles. The van der Waals surface area contributed by atoms with Gasteiger partial charge in [-0.15, -0.1) is 0 Å². The summed E-state index contributed by atoms with van der Waals surface area (Å²) in [4.78, 5) is 37.5. The Morgan fingerprint density at radius 2 is 0.800 bits per heavy atom. The Balaban J connectivity index is 0.000000237. The van der Waals surface area contributed by atoms with Gasteiger partial charge in [-0.1, -0.05) is 91.0 Å². The third kappa shape index (κ3) is 18.5. The Labute approximate surface area is 417 Å². The number of aliphatic hydroxyl groups is 1. The molecule has 390 valence electrons. The molecular weight excluding hydrogens is 965 g/mol. The van der Waals surface area contributed by atoms with Crippen LogP contribution in [-0.4, -0.2) is 132 Å². The lowest BCUT2D eigenvalue weighted by atomic mass is 10.0. The fourth-order valence-corrected chi connectivity index (χ4v) is 9.21. The van der Waals surface area contributed by atoms with Crippen molar-refractivity contribution in [3.05, 3.63) is 143 Å². The molecule has 14 atom stereocenters. The van der Waals surface area contributed by atoms with Crippen molar-refractivity contribution in [2.45, 2.75) is 133 Å². The Bertz CT molecular complexity index is 2280. The Hall–Kier alpha value is -2.99. The van der Waals surface area contributed by atoms with Gasteiger partial charge in [-0.3, -0.25) is 13.7 Å². The molecule has 0 bridgehead atoms. The molecule has 3 saturated heterocycles. The molecule has 3 aromatic carbocycles. The lowest BCUT2D eigenvalue weighted by molar-refractivity contribution is -0.0694. The zero-order valence-corrected chi connectivity index (χ0v) is 43.9. The van der Waals surface area contributed by atoms with Crippen LogP contribution in [0.2, 0.25) is 0 Å². The highest BCUT2D eigenvalue weighted by Gasteiger charge is 2.48. The number of hydrogen-bond donors (Lipinski definition) is 5. The highest BCUT2D eigenvalue weighted by molar-refractivity contribution is 7.61. The zero-order chi connectivity index (χ0) is 54.4. The smallest absolute Gasteiger partial charge is 0.348 e. The maximum Gasteiger partial charge on any atom is 0.348 e. The second-order valence-corrected chi connectivity index (χ2v) is 22.8. The van der Waals surface area contributed by atoms with E-state index in [1.807, 2.05) is 133 Å². The molecule has 3 aliphatic heterocycles. The van der Waals surface area contributed by atoms with E-state index in [1.54, 1.807) is 14.2 Å². The number of methoxy groups -OCH3 is 3. The number of ether oxygens (including phenoxy) is 9. The van der Waals surface area contributed by atoms with Crippen LogP contribution in [0.3, 0.4) is 0 Å². The minimum absolute atomic E-state index is 0.0709. The van der Waals surface area contributed by atoms with E-state index in [1.165, 1.54) is 19.3 Å². The molecule has 5 N–H and O–H groups in total. The van der Waals surface area contributed by atoms with Gasteiger partial charge in [0.1, 0.15) is 79.6 Å². The van der Waals surface area contributed by atoms with E-state index >= 15 is 0 Å². The van der Waals surface area contributed by atoms with E-state index in [4.69, 9.17) is 61.6 Å². The van der Waals surface area contributed by atoms with E-state index in [9.17, 15) is 23.5 Å². The van der Waals surface area contributed by atoms with Crippen molar-refractivity contribution in [3.8, 4) is 0 Å². The maximum absolute atomic E-state index is 11.8. The molecule has 20 heteroatoms. The van der Waals surface area contributed by atoms with Crippen molar-refractivity contribution in [2.24, 2.45) is 0 Å². The lowest BCUT2D eigenvalue weighted by Gasteiger charge is -2.24. The second kappa shape index (κ2) is 27.9. The van der Waals surface area contributed by atoms with E-state index in [-0.39, 0.29) is 36.3 Å². The van der Waals surface area contributed by atoms with Gasteiger partial charge < -0.3 is 67.3 Å². The number of hydrogen-bond acceptors (Lipinski definition) is 13. The lowest BCUT2D eigenvalue weighted by Crippen LogP contribution is -2.36. The van der Waals surface area contributed by atoms with Crippen molar-refractivity contribution in [1.29, 1.82) is 0 Å². The third-order valence-corrected chi connectivity index (χ3v) is 12.8. The molecule has 3 heterocycles. The van der Waals surface area contributed by atoms with Crippen LogP contribution in [0.4, 0.5) is 0 Å². The molecule has 2 unspecified atom stereocenters. The first kappa shape index (κ1) is 54.8. The molecule has 70 heavy (non-hydrogen) atoms. The van der Waals surface area contributed by atoms with Gasteiger partial charge in [0.05, 0.1) is 22.4 Å². The summed E-state index contributed by atoms with van der Waals surface area (Å²) in [5, 5.41) is 9.01. The minimum Gasteiger partial charge on any atom is -0.386 e. The zero-order valence-electron chi connectivity index (χ0n) is 44.2. The summed E-state index contributed by atoms with van der Waals surface area (Å²) in [7, 11) is -7.69. The SMILES string of the molecule is [2H]/C(=C\[C@H]1O[C@@H](c2ccccc2)[C@H](OC)[C@@H]1OC(C)C)P(=O)(O)CO.[2H]/C(=C\[C@H]1O[C@@H](c2ccccc2)[C@H](OC)[C@@H]1OC(C)C)P(=O)(O)O.[2H]/C(=C\[C@H]1O[C@@H](c2ccccc2)[C@H](OC)[C@@H]1OC(C)C)P(C)(=O)O. The van der Waals surface area contributed by atoms with Crippen LogP contribution in [-0.2, 0) is 56.3 Å². The molecule has 0 aliphatic carbocycles. The molecule has 0 radical (unpaired) electrons. The molecule has 3 aliphatic rings. The molecule has 3 fully saturated rings. The number of aliphatic hydroxyl groups excluding tert-OH is 1. The largest absolute Gasteiger partial charge is 0.386 e. The fourth-order valence-electron chi connectivity index (χ4n) is 7.98. The van der Waals surface area contributed by atoms with Crippen LogP contribution in [0.15, 0.2) is 127 Å². The van der Waals surface area contributed by atoms with Crippen molar-refractivity contribution in [3.63, 3.8) is 0 Å². The summed E-state index contributed by atoms with van der Waals surface area (Å²) in [6.07, 6.45) is -3.88. The molecule has 17 nitrogen and oxygen atoms in total. The van der Waals surface area contributed by atoms with Crippen molar-refractivity contribution >= 4 is 22.3 Å². The Morgan fingerprint density at radius 3 is 1.04 bits per heavy atom. The minimum atomic E-state index is -4.64. The van der Waals surface area contributed by atoms with Gasteiger partial charge in [0, 0.05) is 39.6 Å². The van der Waals surface area contributed by atoms with Gasteiger partial charge in [0.15, 0.2) is 0 Å². The normalized spacial score (nSPS) is 30.9. The standard InChI is InChI=1S/C17H25O6P.C17H25O5P.C16H23O6P/c1-12(2)22-16-14(9-10-24(19,20)11-18)23-15(17(16)21-3)13-7-5-4-6-8-13;1-12(2)21-16-14(10-11-23(4,18)19)22-15(17(16)20-3)13-8-6-5-7-9-13;1-11(2)21-15-13(9-10-23(17,18)19)22-14(16(15)20-3)12-7-5-4-6-8-12/h4-10,12,14-18H,11H2,1-3H3,(H,19,20);5-12,14-17H,1-4H3,(H,18,19);4-11,13-16H,1-3H3,(H2,17,18,19)/b10-9+;11-10+;10-9+/t2*14-,15+,16-,17+;13-,14+,15-,16+/m111/s1/i10D;11D;10D. The molecular formula is C50H73O17P3. The van der Waals surface area contributed by atoms with E-state index in [2.05, 4.69) is 0 Å². The van der Waals surface area contributed by atoms with Gasteiger partial charge in [-0.05, 0) is 82.3 Å². The van der Waals surface area contributed by atoms with Crippen molar-refractivity contribution < 1.29 is 85.1 Å². The van der Waals surface area contributed by atoms with Crippen LogP contribution in [0, 0.1) is 0 Å². The molecule has 3 aromatic rings. The Morgan fingerprint density at radius 1 is 0.514 bits per heavy atom. The number of benzene rings is 3. The van der Waals surface area contributed by atoms with Crippen LogP contribution in [0.5, 0.6) is 0 Å². The van der Waals surface area contributed by atoms with E-state index in [0.29, 0.717) is 0 Å². The molecule has 0 saturated carbocycles. The quantitative estimate of drug-likeness (QED) is 0.0707. The molecule has 0 spiro atoms. The first-order valence-corrected chi connectivity index (χ1v) is 28.4. The summed E-state index contributed by atoms with van der Waals surface area (Å²) in [5.41, 5.74) is 2.71. The maximum atomic E-state index is 11.8. The summed E-state index contributed by atoms with van der Waals surface area (Å²) >= 11 is 0. The average Bonchev–Trinajstić information content (AvgIpc) is 3.98. The van der Waals surface area contributed by atoms with E-state index in [0.717, 1.165) is 29.4 Å². The molecule has 0 amide bonds. The highest BCUT2D eigenvalue weighted by Crippen LogP contribution is 2.45. The van der Waals surface area contributed by atoms with Crippen LogP contribution in [0.1, 0.15) is 80.7 Å². The summed E-state index contributed by atoms with van der Waals surface area (Å²) in [5.74, 6) is -1.68. The van der Waals surface area contributed by atoms with Gasteiger partial charge in [-0.25, -0.2) is 0 Å². The van der Waals surface area contributed by atoms with Gasteiger partial charge in [0.25, 0.3) is 0 Å². The average molecular weight is 1040 g/mol. The van der Waals surface area contributed by atoms with E-state index < -0.39 is 101 Å². The second-order valence-electron chi connectivity index (χ2n) is 17.5. The van der Waals surface area contributed by atoms with Crippen molar-refractivity contribution in [1.82, 2.24) is 0 Å². The van der Waals surface area contributed by atoms with Crippen LogP contribution in [0.25, 0.3) is 0 Å². The van der Waals surface area contributed by atoms with Gasteiger partial charge in [0.2, 0.25) is 14.7 Å². The summed E-state index contributed by atoms with van der Waals surface area (Å²) in [6.45, 7) is 12.4. The molecule has 6 rings (SSSR count). The first-order chi connectivity index (χ1) is 34.3. The van der Waals surface area contributed by atoms with Gasteiger partial charge in [-0.2, -0.15) is 0 Å². The van der Waals surface area contributed by atoms with Gasteiger partial charge >= 0.3 is 7.60 Å². The number of rotatable bonds is 19.